The Hall–Kier alpha value is -1.79. The summed E-state index contributed by atoms with van der Waals surface area (Å²) in [4.78, 5) is 29.7. The number of hydrogen-bond donors (Lipinski definition) is 1. The third-order valence-corrected chi connectivity index (χ3v) is 7.23. The fourth-order valence-corrected chi connectivity index (χ4v) is 5.11. The number of carboxylic acids is 1. The highest BCUT2D eigenvalue weighted by Crippen LogP contribution is 2.34. The van der Waals surface area contributed by atoms with Crippen LogP contribution in [0.25, 0.3) is 20.4 Å². The normalized spacial score (nSPS) is 10.6. The fraction of sp³-hybridized carbons (Fsp3) is 0.111. The lowest BCUT2D eigenvalue weighted by atomic mass is 10.3. The quantitative estimate of drug-likeness (QED) is 0.281. The molecule has 2 heterocycles. The van der Waals surface area contributed by atoms with Crippen molar-refractivity contribution in [3.63, 3.8) is 0 Å². The summed E-state index contributed by atoms with van der Waals surface area (Å²) in [6.45, 7) is 0. The van der Waals surface area contributed by atoms with Crippen molar-refractivity contribution in [2.75, 3.05) is 14.2 Å². The number of hydrogen-bond acceptors (Lipinski definition) is 8. The second kappa shape index (κ2) is 9.56. The Bertz CT molecular complexity index is 1180. The number of carboxylic acid groups (broad SMARTS) is 1. The molecule has 0 aliphatic rings. The molecule has 0 bridgehead atoms. The van der Waals surface area contributed by atoms with Crippen LogP contribution in [0.2, 0.25) is 0 Å². The minimum atomic E-state index is -1.01. The average molecular weight is 595 g/mol. The number of nitrogens with zero attached hydrogens (tertiary/aromatic N) is 2. The van der Waals surface area contributed by atoms with Crippen LogP contribution in [0.4, 0.5) is 0 Å². The first-order valence-corrected chi connectivity index (χ1v) is 11.5. The Morgan fingerprint density at radius 2 is 1.33 bits per heavy atom. The number of thiazole rings is 2. The first-order valence-electron chi connectivity index (χ1n) is 7.94. The summed E-state index contributed by atoms with van der Waals surface area (Å²) >= 11 is 14.4. The molecule has 4 aromatic rings. The van der Waals surface area contributed by atoms with E-state index in [0.29, 0.717) is 22.0 Å². The summed E-state index contributed by atoms with van der Waals surface area (Å²) < 4.78 is 13.5. The number of fused-ring (bicyclic) bond motifs is 2. The van der Waals surface area contributed by atoms with Gasteiger partial charge in [0.25, 0.3) is 5.24 Å². The highest BCUT2D eigenvalue weighted by molar-refractivity contribution is 9.11. The lowest BCUT2D eigenvalue weighted by Crippen LogP contribution is -1.93. The fourth-order valence-electron chi connectivity index (χ4n) is 2.35. The molecule has 0 fully saturated rings. The van der Waals surface area contributed by atoms with Crippen molar-refractivity contribution in [3.05, 3.63) is 43.2 Å². The SMILES string of the molecule is COc1cc2sc(C(=O)Cl)nc2cc1Br.COc1cc2sc(C(=O)O)nc2cc1Br. The van der Waals surface area contributed by atoms with Crippen LogP contribution < -0.4 is 9.47 Å². The summed E-state index contributed by atoms with van der Waals surface area (Å²) in [5.41, 5.74) is 1.39. The number of aromatic nitrogens is 2. The first-order chi connectivity index (χ1) is 14.2. The molecule has 30 heavy (non-hydrogen) atoms. The molecular weight excluding hydrogens is 584 g/mol. The van der Waals surface area contributed by atoms with Crippen molar-refractivity contribution in [3.8, 4) is 11.5 Å². The number of methoxy groups -OCH3 is 2. The highest BCUT2D eigenvalue weighted by Gasteiger charge is 2.13. The summed E-state index contributed by atoms with van der Waals surface area (Å²) in [5, 5.41) is 8.64. The van der Waals surface area contributed by atoms with E-state index in [1.807, 2.05) is 6.07 Å². The molecule has 0 atom stereocenters. The number of halogens is 3. The lowest BCUT2D eigenvalue weighted by molar-refractivity contribution is 0.0696. The van der Waals surface area contributed by atoms with E-state index >= 15 is 0 Å². The molecule has 4 rings (SSSR count). The molecule has 0 aliphatic heterocycles. The lowest BCUT2D eigenvalue weighted by Gasteiger charge is -2.01. The molecule has 0 spiro atoms. The maximum absolute atomic E-state index is 10.9. The zero-order chi connectivity index (χ0) is 22.0. The largest absolute Gasteiger partial charge is 0.496 e. The van der Waals surface area contributed by atoms with Crippen LogP contribution in [-0.4, -0.2) is 40.5 Å². The summed E-state index contributed by atoms with van der Waals surface area (Å²) in [6, 6.07) is 7.13. The van der Waals surface area contributed by atoms with E-state index in [9.17, 15) is 9.59 Å². The van der Waals surface area contributed by atoms with E-state index in [0.717, 1.165) is 35.2 Å². The second-order valence-corrected chi connectivity index (χ2v) is 9.64. The van der Waals surface area contributed by atoms with Crippen molar-refractivity contribution in [2.24, 2.45) is 0 Å². The summed E-state index contributed by atoms with van der Waals surface area (Å²) in [6.07, 6.45) is 0. The van der Waals surface area contributed by atoms with Gasteiger partial charge in [-0.05, 0) is 55.6 Å². The Balaban J connectivity index is 0.000000171. The second-order valence-electron chi connectivity index (χ2n) is 5.53. The van der Waals surface area contributed by atoms with Gasteiger partial charge < -0.3 is 14.6 Å². The van der Waals surface area contributed by atoms with Gasteiger partial charge in [0, 0.05) is 12.1 Å². The van der Waals surface area contributed by atoms with E-state index in [4.69, 9.17) is 26.2 Å². The van der Waals surface area contributed by atoms with E-state index < -0.39 is 11.2 Å². The number of rotatable bonds is 4. The zero-order valence-electron chi connectivity index (χ0n) is 15.2. The topological polar surface area (TPSA) is 98.6 Å². The average Bonchev–Trinajstić information content (AvgIpc) is 3.30. The smallest absolute Gasteiger partial charge is 0.365 e. The predicted octanol–water partition coefficient (Wildman–Crippen LogP) is 6.21. The zero-order valence-corrected chi connectivity index (χ0v) is 20.8. The van der Waals surface area contributed by atoms with E-state index in [-0.39, 0.29) is 5.01 Å². The van der Waals surface area contributed by atoms with E-state index in [1.54, 1.807) is 32.4 Å². The van der Waals surface area contributed by atoms with Gasteiger partial charge in [-0.3, -0.25) is 4.79 Å². The molecule has 7 nitrogen and oxygen atoms in total. The van der Waals surface area contributed by atoms with Crippen molar-refractivity contribution in [2.45, 2.75) is 0 Å². The monoisotopic (exact) mass is 592 g/mol. The van der Waals surface area contributed by atoms with Gasteiger partial charge in [-0.25, -0.2) is 14.8 Å². The number of aromatic carboxylic acids is 1. The molecule has 1 N–H and O–H groups in total. The van der Waals surface area contributed by atoms with Crippen LogP contribution in [0.15, 0.2) is 33.2 Å². The number of ether oxygens (including phenoxy) is 2. The highest BCUT2D eigenvalue weighted by atomic mass is 79.9. The van der Waals surface area contributed by atoms with Gasteiger partial charge in [-0.2, -0.15) is 0 Å². The van der Waals surface area contributed by atoms with Crippen LogP contribution in [-0.2, 0) is 0 Å². The standard InChI is InChI=1S/C9H5BrClNO2S.C9H6BrNO3S/c1-14-6-3-7-5(2-4(6)10)12-9(15-7)8(11)13;1-14-6-3-7-5(2-4(6)10)11-8(15-7)9(12)13/h2-3H,1H3;2-3H,1H3,(H,12,13). The molecule has 0 unspecified atom stereocenters. The van der Waals surface area contributed by atoms with Crippen molar-refractivity contribution >= 4 is 97.8 Å². The molecule has 0 saturated carbocycles. The molecule has 0 amide bonds. The number of carbonyl (C=O) groups excluding carboxylic acids is 1. The molecule has 156 valence electrons. The van der Waals surface area contributed by atoms with Gasteiger partial charge in [-0.1, -0.05) is 0 Å². The third-order valence-electron chi connectivity index (χ3n) is 3.68. The van der Waals surface area contributed by atoms with Gasteiger partial charge >= 0.3 is 5.97 Å². The third kappa shape index (κ3) is 4.92. The predicted molar refractivity (Wildman–Crippen MR) is 125 cm³/mol. The van der Waals surface area contributed by atoms with Crippen LogP contribution in [0.5, 0.6) is 11.5 Å². The van der Waals surface area contributed by atoms with Crippen molar-refractivity contribution < 1.29 is 24.2 Å². The van der Waals surface area contributed by atoms with Crippen LogP contribution in [0, 0.1) is 0 Å². The Labute approximate surface area is 199 Å². The molecule has 2 aromatic carbocycles. The van der Waals surface area contributed by atoms with E-state index in [2.05, 4.69) is 41.8 Å². The van der Waals surface area contributed by atoms with Gasteiger partial charge in [0.1, 0.15) is 11.5 Å². The maximum atomic E-state index is 10.9. The molecular formula is C18H11Br2ClN2O5S2. The molecule has 0 saturated heterocycles. The Morgan fingerprint density at radius 1 is 0.900 bits per heavy atom. The van der Waals surface area contributed by atoms with Crippen molar-refractivity contribution in [1.29, 1.82) is 0 Å². The van der Waals surface area contributed by atoms with Crippen LogP contribution in [0.3, 0.4) is 0 Å². The maximum Gasteiger partial charge on any atom is 0.365 e. The number of benzene rings is 2. The minimum Gasteiger partial charge on any atom is -0.496 e. The first kappa shape index (κ1) is 22.9. The van der Waals surface area contributed by atoms with E-state index in [1.165, 1.54) is 11.3 Å². The minimum absolute atomic E-state index is 0.0881. The summed E-state index contributed by atoms with van der Waals surface area (Å²) in [5.74, 6) is 0.370. The molecule has 0 aliphatic carbocycles. The molecule has 0 radical (unpaired) electrons. The molecule has 2 aromatic heterocycles. The Kier molecular flexibility index (Phi) is 7.30. The Morgan fingerprint density at radius 3 is 1.73 bits per heavy atom. The van der Waals surface area contributed by atoms with Gasteiger partial charge in [-0.15, -0.1) is 22.7 Å². The van der Waals surface area contributed by atoms with Gasteiger partial charge in [0.2, 0.25) is 5.01 Å². The van der Waals surface area contributed by atoms with Crippen molar-refractivity contribution in [1.82, 2.24) is 9.97 Å². The summed E-state index contributed by atoms with van der Waals surface area (Å²) in [7, 11) is 3.14. The molecule has 12 heteroatoms. The van der Waals surface area contributed by atoms with Gasteiger partial charge in [0.05, 0.1) is 43.6 Å². The van der Waals surface area contributed by atoms with Crippen LogP contribution >= 0.6 is 66.1 Å². The van der Waals surface area contributed by atoms with Crippen LogP contribution in [0.1, 0.15) is 19.6 Å². The van der Waals surface area contributed by atoms with Gasteiger partial charge in [0.15, 0.2) is 5.01 Å². The number of carbonyl (C=O) groups is 2.